The number of nitrogens with one attached hydrogen (secondary N) is 2. The van der Waals surface area contributed by atoms with Gasteiger partial charge in [-0.3, -0.25) is 14.4 Å². The van der Waals surface area contributed by atoms with Gasteiger partial charge < -0.3 is 15.4 Å². The molecule has 0 aliphatic carbocycles. The smallest absolute Gasteiger partial charge is 0.326 e. The maximum absolute atomic E-state index is 12.8. The molecular weight excluding hydrogens is 351 g/mol. The zero-order valence-electron chi connectivity index (χ0n) is 15.1. The average Bonchev–Trinajstić information content (AvgIpc) is 2.67. The first-order valence-electron chi connectivity index (χ1n) is 8.52. The summed E-state index contributed by atoms with van der Waals surface area (Å²) in [5, 5.41) is 5.01. The van der Waals surface area contributed by atoms with Crippen molar-refractivity contribution >= 4 is 23.5 Å². The Morgan fingerprint density at radius 2 is 1.67 bits per heavy atom. The normalized spacial score (nSPS) is 11.4. The van der Waals surface area contributed by atoms with Crippen molar-refractivity contribution in [3.05, 3.63) is 65.5 Å². The zero-order chi connectivity index (χ0) is 19.8. The molecule has 0 heterocycles. The number of benzene rings is 2. The molecule has 0 aliphatic rings. The van der Waals surface area contributed by atoms with Crippen LogP contribution in [-0.2, 0) is 20.7 Å². The summed E-state index contributed by atoms with van der Waals surface area (Å²) in [6, 6.07) is 12.2. The van der Waals surface area contributed by atoms with E-state index in [2.05, 4.69) is 10.6 Å². The zero-order valence-corrected chi connectivity index (χ0v) is 15.1. The predicted molar refractivity (Wildman–Crippen MR) is 98.7 cm³/mol. The van der Waals surface area contributed by atoms with Crippen LogP contribution in [0.4, 0.5) is 10.1 Å². The van der Waals surface area contributed by atoms with Gasteiger partial charge in [0, 0.05) is 11.3 Å². The second-order valence-electron chi connectivity index (χ2n) is 5.86. The number of rotatable bonds is 7. The number of aryl methyl sites for hydroxylation is 1. The molecule has 2 aromatic carbocycles. The molecule has 142 valence electrons. The highest BCUT2D eigenvalue weighted by Crippen LogP contribution is 2.11. The van der Waals surface area contributed by atoms with E-state index in [4.69, 9.17) is 4.74 Å². The van der Waals surface area contributed by atoms with Gasteiger partial charge in [0.2, 0.25) is 0 Å². The third-order valence-corrected chi connectivity index (χ3v) is 3.81. The minimum absolute atomic E-state index is 0.213. The molecule has 0 saturated carbocycles. The molecule has 0 unspecified atom stereocenters. The Labute approximate surface area is 156 Å². The molecule has 6 nitrogen and oxygen atoms in total. The summed E-state index contributed by atoms with van der Waals surface area (Å²) < 4.78 is 17.8. The van der Waals surface area contributed by atoms with Gasteiger partial charge in [-0.1, -0.05) is 19.1 Å². The summed E-state index contributed by atoms with van der Waals surface area (Å²) in [5.74, 6) is -2.23. The second-order valence-corrected chi connectivity index (χ2v) is 5.86. The van der Waals surface area contributed by atoms with E-state index in [1.54, 1.807) is 12.1 Å². The number of carbonyl (C=O) groups excluding carboxylic acids is 3. The number of ether oxygens (including phenoxy) is 1. The number of amides is 2. The van der Waals surface area contributed by atoms with Crippen LogP contribution in [0.15, 0.2) is 48.5 Å². The number of carbonyl (C=O) groups is 3. The second kappa shape index (κ2) is 9.47. The Morgan fingerprint density at radius 3 is 2.26 bits per heavy atom. The molecule has 0 aliphatic heterocycles. The SMILES string of the molecule is CCc1ccc(NC(=O)[C@@H](C)OC(=O)CNC(=O)c2ccc(F)cc2)cc1. The highest BCUT2D eigenvalue weighted by atomic mass is 19.1. The number of esters is 1. The van der Waals surface area contributed by atoms with Crippen LogP contribution in [0.1, 0.15) is 29.8 Å². The summed E-state index contributed by atoms with van der Waals surface area (Å²) in [6.45, 7) is 3.07. The topological polar surface area (TPSA) is 84.5 Å². The van der Waals surface area contributed by atoms with Crippen LogP contribution in [-0.4, -0.2) is 30.4 Å². The highest BCUT2D eigenvalue weighted by Gasteiger charge is 2.18. The molecule has 2 N–H and O–H groups in total. The predicted octanol–water partition coefficient (Wildman–Crippen LogP) is 2.69. The summed E-state index contributed by atoms with van der Waals surface area (Å²) >= 11 is 0. The van der Waals surface area contributed by atoms with Gasteiger partial charge in [0.05, 0.1) is 0 Å². The van der Waals surface area contributed by atoms with Crippen molar-refractivity contribution < 1.29 is 23.5 Å². The van der Waals surface area contributed by atoms with Crippen molar-refractivity contribution in [2.75, 3.05) is 11.9 Å². The van der Waals surface area contributed by atoms with E-state index < -0.39 is 36.2 Å². The van der Waals surface area contributed by atoms with Gasteiger partial charge in [0.15, 0.2) is 6.10 Å². The monoisotopic (exact) mass is 372 g/mol. The molecule has 2 rings (SSSR count). The molecular formula is C20H21FN2O4. The van der Waals surface area contributed by atoms with Crippen molar-refractivity contribution in [1.82, 2.24) is 5.32 Å². The van der Waals surface area contributed by atoms with Gasteiger partial charge >= 0.3 is 5.97 Å². The fraction of sp³-hybridized carbons (Fsp3) is 0.250. The molecule has 1 atom stereocenters. The summed E-state index contributed by atoms with van der Waals surface area (Å²) in [7, 11) is 0. The minimum Gasteiger partial charge on any atom is -0.451 e. The van der Waals surface area contributed by atoms with Crippen LogP contribution in [0, 0.1) is 5.82 Å². The molecule has 27 heavy (non-hydrogen) atoms. The standard InChI is InChI=1S/C20H21FN2O4/c1-3-14-4-10-17(11-5-14)23-19(25)13(2)27-18(24)12-22-20(26)15-6-8-16(21)9-7-15/h4-11,13H,3,12H2,1-2H3,(H,22,26)(H,23,25)/t13-/m1/s1. The van der Waals surface area contributed by atoms with Crippen LogP contribution < -0.4 is 10.6 Å². The van der Waals surface area contributed by atoms with Gasteiger partial charge in [-0.05, 0) is 55.3 Å². The highest BCUT2D eigenvalue weighted by molar-refractivity contribution is 5.97. The molecule has 0 fully saturated rings. The maximum Gasteiger partial charge on any atom is 0.326 e. The third kappa shape index (κ3) is 6.22. The lowest BCUT2D eigenvalue weighted by molar-refractivity contribution is -0.152. The molecule has 0 bridgehead atoms. The van der Waals surface area contributed by atoms with E-state index in [1.165, 1.54) is 19.1 Å². The maximum atomic E-state index is 12.8. The average molecular weight is 372 g/mol. The van der Waals surface area contributed by atoms with E-state index >= 15 is 0 Å². The Hall–Kier alpha value is -3.22. The van der Waals surface area contributed by atoms with E-state index in [-0.39, 0.29) is 5.56 Å². The van der Waals surface area contributed by atoms with E-state index in [0.717, 1.165) is 24.1 Å². The lowest BCUT2D eigenvalue weighted by Gasteiger charge is -2.14. The van der Waals surface area contributed by atoms with Crippen LogP contribution in [0.2, 0.25) is 0 Å². The number of anilines is 1. The van der Waals surface area contributed by atoms with Crippen molar-refractivity contribution in [3.63, 3.8) is 0 Å². The summed E-state index contributed by atoms with van der Waals surface area (Å²) in [6.07, 6.45) is -0.127. The van der Waals surface area contributed by atoms with Gasteiger partial charge in [-0.25, -0.2) is 4.39 Å². The molecule has 2 aromatic rings. The van der Waals surface area contributed by atoms with Gasteiger partial charge in [0.1, 0.15) is 12.4 Å². The third-order valence-electron chi connectivity index (χ3n) is 3.81. The number of hydrogen-bond acceptors (Lipinski definition) is 4. The lowest BCUT2D eigenvalue weighted by atomic mass is 10.1. The van der Waals surface area contributed by atoms with Crippen molar-refractivity contribution in [3.8, 4) is 0 Å². The van der Waals surface area contributed by atoms with Crippen LogP contribution in [0.3, 0.4) is 0 Å². The molecule has 0 saturated heterocycles. The quantitative estimate of drug-likeness (QED) is 0.732. The molecule has 0 spiro atoms. The van der Waals surface area contributed by atoms with E-state index in [9.17, 15) is 18.8 Å². The Kier molecular flexibility index (Phi) is 7.05. The van der Waals surface area contributed by atoms with Crippen LogP contribution in [0.5, 0.6) is 0 Å². The first kappa shape index (κ1) is 20.1. The van der Waals surface area contributed by atoms with Crippen molar-refractivity contribution in [2.45, 2.75) is 26.4 Å². The number of halogens is 1. The van der Waals surface area contributed by atoms with Crippen LogP contribution in [0.25, 0.3) is 0 Å². The van der Waals surface area contributed by atoms with Crippen LogP contribution >= 0.6 is 0 Å². The van der Waals surface area contributed by atoms with Crippen molar-refractivity contribution in [1.29, 1.82) is 0 Å². The van der Waals surface area contributed by atoms with E-state index in [0.29, 0.717) is 5.69 Å². The fourth-order valence-electron chi connectivity index (χ4n) is 2.22. The van der Waals surface area contributed by atoms with Gasteiger partial charge in [0.25, 0.3) is 11.8 Å². The lowest BCUT2D eigenvalue weighted by Crippen LogP contribution is -2.35. The Balaban J connectivity index is 1.78. The molecule has 0 aromatic heterocycles. The van der Waals surface area contributed by atoms with E-state index in [1.807, 2.05) is 19.1 Å². The van der Waals surface area contributed by atoms with Gasteiger partial charge in [-0.15, -0.1) is 0 Å². The number of hydrogen-bond donors (Lipinski definition) is 2. The summed E-state index contributed by atoms with van der Waals surface area (Å²) in [4.78, 5) is 35.7. The summed E-state index contributed by atoms with van der Waals surface area (Å²) in [5.41, 5.74) is 1.96. The first-order chi connectivity index (χ1) is 12.9. The largest absolute Gasteiger partial charge is 0.451 e. The minimum atomic E-state index is -1.02. The molecule has 2 amide bonds. The molecule has 7 heteroatoms. The Morgan fingerprint density at radius 1 is 1.04 bits per heavy atom. The Bertz CT molecular complexity index is 804. The fourth-order valence-corrected chi connectivity index (χ4v) is 2.22. The molecule has 0 radical (unpaired) electrons. The van der Waals surface area contributed by atoms with Gasteiger partial charge in [-0.2, -0.15) is 0 Å². The van der Waals surface area contributed by atoms with Crippen molar-refractivity contribution in [2.24, 2.45) is 0 Å². The first-order valence-corrected chi connectivity index (χ1v) is 8.52.